The molecule has 1 amide bonds. The molecule has 1 aromatic rings. The molecule has 0 aromatic heterocycles. The molecule has 0 saturated heterocycles. The fourth-order valence-corrected chi connectivity index (χ4v) is 2.26. The first kappa shape index (κ1) is 18.0. The van der Waals surface area contributed by atoms with E-state index >= 15 is 0 Å². The Morgan fingerprint density at radius 1 is 1.38 bits per heavy atom. The van der Waals surface area contributed by atoms with Gasteiger partial charge < -0.3 is 9.47 Å². The zero-order chi connectivity index (χ0) is 15.7. The number of nitrogens with zero attached hydrogens (tertiary/aromatic N) is 1. The molecule has 0 N–H and O–H groups in total. The lowest BCUT2D eigenvalue weighted by Gasteiger charge is -2.26. The van der Waals surface area contributed by atoms with Crippen LogP contribution in [0.15, 0.2) is 18.2 Å². The van der Waals surface area contributed by atoms with Gasteiger partial charge in [0.05, 0.1) is 12.3 Å². The molecule has 0 spiro atoms. The maximum Gasteiger partial charge on any atom is 0.243 e. The van der Waals surface area contributed by atoms with Gasteiger partial charge in [0.15, 0.2) is 0 Å². The van der Waals surface area contributed by atoms with E-state index < -0.39 is 0 Å². The van der Waals surface area contributed by atoms with Gasteiger partial charge in [0.1, 0.15) is 12.6 Å². The Morgan fingerprint density at radius 2 is 2.14 bits per heavy atom. The first-order valence-electron chi connectivity index (χ1n) is 7.17. The molecule has 4 nitrogen and oxygen atoms in total. The van der Waals surface area contributed by atoms with E-state index in [0.29, 0.717) is 13.2 Å². The van der Waals surface area contributed by atoms with E-state index in [1.165, 1.54) is 0 Å². The molecule has 0 fully saturated rings. The fourth-order valence-electron chi connectivity index (χ4n) is 2.11. The number of amides is 1. The first-order chi connectivity index (χ1) is 10.2. The average molecular weight is 314 g/mol. The second-order valence-corrected chi connectivity index (χ2v) is 5.13. The van der Waals surface area contributed by atoms with Crippen LogP contribution in [0.1, 0.15) is 30.9 Å². The lowest BCUT2D eigenvalue weighted by Crippen LogP contribution is -2.35. The van der Waals surface area contributed by atoms with Crippen molar-refractivity contribution >= 4 is 23.2 Å². The zero-order valence-electron chi connectivity index (χ0n) is 13.0. The fraction of sp³-hybridized carbons (Fsp3) is 0.562. The molecule has 1 aromatic carbocycles. The average Bonchev–Trinajstić information content (AvgIpc) is 2.48. The van der Waals surface area contributed by atoms with Crippen LogP contribution >= 0.6 is 11.6 Å². The minimum Gasteiger partial charge on any atom is -0.380 e. The third kappa shape index (κ3) is 5.30. The third-order valence-corrected chi connectivity index (χ3v) is 3.40. The smallest absolute Gasteiger partial charge is 0.243 e. The Morgan fingerprint density at radius 3 is 2.76 bits per heavy atom. The van der Waals surface area contributed by atoms with Crippen molar-refractivity contribution in [2.24, 2.45) is 0 Å². The van der Waals surface area contributed by atoms with Gasteiger partial charge in [0.25, 0.3) is 0 Å². The molecule has 0 aliphatic rings. The molecule has 118 valence electrons. The predicted molar refractivity (Wildman–Crippen MR) is 85.8 cm³/mol. The Labute approximate surface area is 132 Å². The van der Waals surface area contributed by atoms with Gasteiger partial charge in [-0.3, -0.25) is 9.69 Å². The number of hydrogen-bond acceptors (Lipinski definition) is 3. The van der Waals surface area contributed by atoms with Crippen molar-refractivity contribution in [1.82, 2.24) is 0 Å². The maximum absolute atomic E-state index is 12.2. The number of ether oxygens (including phenoxy) is 2. The molecule has 5 heteroatoms. The van der Waals surface area contributed by atoms with Gasteiger partial charge in [-0.15, -0.1) is 11.6 Å². The van der Waals surface area contributed by atoms with Crippen molar-refractivity contribution in [1.29, 1.82) is 0 Å². The minimum atomic E-state index is -0.167. The Kier molecular flexibility index (Phi) is 8.35. The summed E-state index contributed by atoms with van der Waals surface area (Å²) in [7, 11) is 1.64. The minimum absolute atomic E-state index is 0.0715. The number of aryl methyl sites for hydroxylation is 1. The first-order valence-corrected chi connectivity index (χ1v) is 7.70. The molecular weight excluding hydrogens is 290 g/mol. The summed E-state index contributed by atoms with van der Waals surface area (Å²) in [5, 5.41) is 0. The number of benzene rings is 1. The van der Waals surface area contributed by atoms with Gasteiger partial charge in [0.2, 0.25) is 5.91 Å². The van der Waals surface area contributed by atoms with Crippen molar-refractivity contribution in [3.8, 4) is 0 Å². The van der Waals surface area contributed by atoms with Crippen LogP contribution in [0, 0.1) is 6.92 Å². The van der Waals surface area contributed by atoms with E-state index in [2.05, 4.69) is 6.92 Å². The van der Waals surface area contributed by atoms with Crippen molar-refractivity contribution in [3.63, 3.8) is 0 Å². The SMILES string of the molecule is CCCCOCN(C(=O)CCl)c1c(C)cccc1COC. The van der Waals surface area contributed by atoms with Crippen LogP contribution in [0.5, 0.6) is 0 Å². The number of alkyl halides is 1. The standard InChI is InChI=1S/C16H24ClNO3/c1-4-5-9-21-12-18(15(19)10-17)16-13(2)7-6-8-14(16)11-20-3/h6-8H,4-5,9-12H2,1-3H3. The summed E-state index contributed by atoms with van der Waals surface area (Å²) in [6, 6.07) is 5.87. The van der Waals surface area contributed by atoms with Gasteiger partial charge in [-0.1, -0.05) is 31.5 Å². The summed E-state index contributed by atoms with van der Waals surface area (Å²) in [5.74, 6) is -0.238. The van der Waals surface area contributed by atoms with Gasteiger partial charge in [-0.25, -0.2) is 0 Å². The summed E-state index contributed by atoms with van der Waals surface area (Å²) in [5.41, 5.74) is 2.79. The molecule has 0 heterocycles. The van der Waals surface area contributed by atoms with E-state index in [4.69, 9.17) is 21.1 Å². The van der Waals surface area contributed by atoms with E-state index in [1.807, 2.05) is 25.1 Å². The number of hydrogen-bond donors (Lipinski definition) is 0. The maximum atomic E-state index is 12.2. The van der Waals surface area contributed by atoms with E-state index in [-0.39, 0.29) is 18.5 Å². The van der Waals surface area contributed by atoms with Crippen molar-refractivity contribution in [3.05, 3.63) is 29.3 Å². The molecule has 0 atom stereocenters. The Bertz CT molecular complexity index is 451. The monoisotopic (exact) mass is 313 g/mol. The lowest BCUT2D eigenvalue weighted by atomic mass is 10.1. The third-order valence-electron chi connectivity index (χ3n) is 3.17. The summed E-state index contributed by atoms with van der Waals surface area (Å²) in [4.78, 5) is 13.8. The molecule has 0 aliphatic heterocycles. The predicted octanol–water partition coefficient (Wildman–Crippen LogP) is 3.49. The van der Waals surface area contributed by atoms with Crippen molar-refractivity contribution in [2.45, 2.75) is 33.3 Å². The number of halogens is 1. The zero-order valence-corrected chi connectivity index (χ0v) is 13.8. The van der Waals surface area contributed by atoms with Crippen molar-refractivity contribution < 1.29 is 14.3 Å². The lowest BCUT2D eigenvalue weighted by molar-refractivity contribution is -0.117. The molecule has 0 bridgehead atoms. The number of para-hydroxylation sites is 1. The Balaban J connectivity index is 2.99. The van der Waals surface area contributed by atoms with Crippen LogP contribution in [0.3, 0.4) is 0 Å². The molecule has 0 unspecified atom stereocenters. The molecule has 1 rings (SSSR count). The van der Waals surface area contributed by atoms with Crippen LogP contribution in [-0.2, 0) is 20.9 Å². The number of carbonyl (C=O) groups excluding carboxylic acids is 1. The summed E-state index contributed by atoms with van der Waals surface area (Å²) in [6.45, 7) is 5.36. The van der Waals surface area contributed by atoms with Crippen LogP contribution in [0.4, 0.5) is 5.69 Å². The van der Waals surface area contributed by atoms with Crippen LogP contribution in [0.25, 0.3) is 0 Å². The van der Waals surface area contributed by atoms with Gasteiger partial charge in [-0.05, 0) is 18.9 Å². The van der Waals surface area contributed by atoms with Gasteiger partial charge in [0, 0.05) is 19.3 Å². The summed E-state index contributed by atoms with van der Waals surface area (Å²) < 4.78 is 10.8. The molecule has 0 saturated carbocycles. The molecule has 0 aliphatic carbocycles. The number of methoxy groups -OCH3 is 1. The second kappa shape index (κ2) is 9.77. The van der Waals surface area contributed by atoms with Gasteiger partial charge >= 0.3 is 0 Å². The number of carbonyl (C=O) groups is 1. The number of anilines is 1. The van der Waals surface area contributed by atoms with E-state index in [9.17, 15) is 4.79 Å². The normalized spacial score (nSPS) is 10.7. The highest BCUT2D eigenvalue weighted by Crippen LogP contribution is 2.26. The van der Waals surface area contributed by atoms with E-state index in [0.717, 1.165) is 29.7 Å². The summed E-state index contributed by atoms with van der Waals surface area (Å²) in [6.07, 6.45) is 2.03. The van der Waals surface area contributed by atoms with E-state index in [1.54, 1.807) is 12.0 Å². The topological polar surface area (TPSA) is 38.8 Å². The highest BCUT2D eigenvalue weighted by atomic mass is 35.5. The number of rotatable bonds is 9. The highest BCUT2D eigenvalue weighted by Gasteiger charge is 2.20. The largest absolute Gasteiger partial charge is 0.380 e. The molecular formula is C16H24ClNO3. The van der Waals surface area contributed by atoms with Gasteiger partial charge in [-0.2, -0.15) is 0 Å². The number of unbranched alkanes of at least 4 members (excludes halogenated alkanes) is 1. The highest BCUT2D eigenvalue weighted by molar-refractivity contribution is 6.29. The molecule has 21 heavy (non-hydrogen) atoms. The second-order valence-electron chi connectivity index (χ2n) is 4.86. The van der Waals surface area contributed by atoms with Crippen LogP contribution < -0.4 is 4.90 Å². The summed E-state index contributed by atoms with van der Waals surface area (Å²) >= 11 is 5.74. The Hall–Kier alpha value is -1.10. The van der Waals surface area contributed by atoms with Crippen LogP contribution in [-0.4, -0.2) is 32.2 Å². The van der Waals surface area contributed by atoms with Crippen molar-refractivity contribution in [2.75, 3.05) is 31.2 Å². The quantitative estimate of drug-likeness (QED) is 0.398. The van der Waals surface area contributed by atoms with Crippen LogP contribution in [0.2, 0.25) is 0 Å². The molecule has 0 radical (unpaired) electrons.